The van der Waals surface area contributed by atoms with Crippen molar-refractivity contribution in [3.63, 3.8) is 0 Å². The number of rotatable bonds is 12. The summed E-state index contributed by atoms with van der Waals surface area (Å²) < 4.78 is 208. The Bertz CT molecular complexity index is 793. The summed E-state index contributed by atoms with van der Waals surface area (Å²) in [7, 11) is 1.08. The van der Waals surface area contributed by atoms with E-state index in [-0.39, 0.29) is 0 Å². The standard InChI is InChI=1S/C8H5F11O3.C7H9F5O.5C2H4/c1-3(9)21-8(18,19)5(12,6(13,14)15)22-7(16,17)4(10,11)2-20;1-5(8)7(11,12)6(9,10)3-4-13-2;5*1-2/h20H,1-2H2;1,3-4H2,2H3;5*1-2H2. The number of alkyl halides is 14. The summed E-state index contributed by atoms with van der Waals surface area (Å²) in [4.78, 5) is 0. The van der Waals surface area contributed by atoms with Crippen LogP contribution >= 0.6 is 0 Å². The van der Waals surface area contributed by atoms with Gasteiger partial charge in [-0.2, -0.15) is 65.9 Å². The summed E-state index contributed by atoms with van der Waals surface area (Å²) in [5.74, 6) is -24.4. The molecule has 20 heteroatoms. The minimum Gasteiger partial charge on any atom is -0.402 e. The fourth-order valence-corrected chi connectivity index (χ4v) is 1.42. The minimum absolute atomic E-state index is 0.574. The van der Waals surface area contributed by atoms with Gasteiger partial charge in [0.25, 0.3) is 6.01 Å². The van der Waals surface area contributed by atoms with Gasteiger partial charge in [0.15, 0.2) is 5.83 Å². The molecule has 45 heavy (non-hydrogen) atoms. The Morgan fingerprint density at radius 2 is 0.933 bits per heavy atom. The lowest BCUT2D eigenvalue weighted by atomic mass is 10.1. The van der Waals surface area contributed by atoms with Crippen molar-refractivity contribution in [2.45, 2.75) is 48.4 Å². The maximum atomic E-state index is 13.3. The van der Waals surface area contributed by atoms with Crippen molar-refractivity contribution >= 4 is 0 Å². The van der Waals surface area contributed by atoms with E-state index in [1.807, 2.05) is 11.3 Å². The predicted octanol–water partition coefficient (Wildman–Crippen LogP) is 10.3. The molecule has 0 aromatic heterocycles. The van der Waals surface area contributed by atoms with E-state index < -0.39 is 73.5 Å². The number of halogens is 16. The molecule has 0 spiro atoms. The van der Waals surface area contributed by atoms with Crippen molar-refractivity contribution in [2.24, 2.45) is 0 Å². The van der Waals surface area contributed by atoms with E-state index in [0.29, 0.717) is 0 Å². The Morgan fingerprint density at radius 3 is 1.16 bits per heavy atom. The second-order valence-corrected chi connectivity index (χ2v) is 5.97. The van der Waals surface area contributed by atoms with Gasteiger partial charge in [0.1, 0.15) is 6.61 Å². The molecule has 0 fully saturated rings. The summed E-state index contributed by atoms with van der Waals surface area (Å²) in [6.07, 6.45) is -21.4. The molecule has 0 saturated carbocycles. The summed E-state index contributed by atoms with van der Waals surface area (Å²) in [5, 5.41) is 7.87. The number of allylic oxidation sites excluding steroid dienone is 1. The molecule has 0 amide bonds. The topological polar surface area (TPSA) is 47.9 Å². The highest BCUT2D eigenvalue weighted by molar-refractivity contribution is 5.05. The van der Waals surface area contributed by atoms with Crippen molar-refractivity contribution in [1.82, 2.24) is 0 Å². The summed E-state index contributed by atoms with van der Waals surface area (Å²) in [6.45, 7) is 30.6. The van der Waals surface area contributed by atoms with Crippen LogP contribution in [0.5, 0.6) is 0 Å². The molecule has 1 unspecified atom stereocenters. The van der Waals surface area contributed by atoms with Crippen molar-refractivity contribution in [1.29, 1.82) is 0 Å². The Hall–Kier alpha value is -3.26. The second kappa shape index (κ2) is 25.0. The number of hydrogen-bond donors (Lipinski definition) is 1. The van der Waals surface area contributed by atoms with E-state index in [0.717, 1.165) is 7.11 Å². The van der Waals surface area contributed by atoms with Crippen molar-refractivity contribution in [2.75, 3.05) is 20.3 Å². The predicted molar refractivity (Wildman–Crippen MR) is 137 cm³/mol. The Balaban J connectivity index is -0.000000107. The third kappa shape index (κ3) is 18.3. The van der Waals surface area contributed by atoms with Crippen LogP contribution in [0.1, 0.15) is 6.42 Å². The lowest BCUT2D eigenvalue weighted by Crippen LogP contribution is -2.63. The van der Waals surface area contributed by atoms with Gasteiger partial charge in [0, 0.05) is 13.5 Å². The van der Waals surface area contributed by atoms with Gasteiger partial charge in [-0.15, -0.1) is 65.8 Å². The maximum Gasteiger partial charge on any atom is 0.471 e. The Morgan fingerprint density at radius 1 is 0.600 bits per heavy atom. The van der Waals surface area contributed by atoms with Gasteiger partial charge < -0.3 is 14.6 Å². The molecule has 0 rings (SSSR count). The van der Waals surface area contributed by atoms with Crippen LogP contribution in [-0.2, 0) is 14.2 Å². The molecule has 1 atom stereocenters. The van der Waals surface area contributed by atoms with E-state index in [1.54, 1.807) is 0 Å². The van der Waals surface area contributed by atoms with Crippen LogP contribution in [-0.4, -0.2) is 67.4 Å². The van der Waals surface area contributed by atoms with E-state index in [2.05, 4.69) is 81.8 Å². The molecule has 1 N–H and O–H groups in total. The van der Waals surface area contributed by atoms with Gasteiger partial charge in [-0.1, -0.05) is 6.58 Å². The molecule has 0 aliphatic heterocycles. The van der Waals surface area contributed by atoms with Crippen LogP contribution in [0, 0.1) is 0 Å². The highest BCUT2D eigenvalue weighted by Crippen LogP contribution is 2.52. The third-order valence-electron chi connectivity index (χ3n) is 3.29. The molecule has 270 valence electrons. The zero-order chi connectivity index (χ0) is 38.9. The maximum absolute atomic E-state index is 13.3. The average Bonchev–Trinajstić information content (AvgIpc) is 2.95. The molecule has 0 radical (unpaired) electrons. The summed E-state index contributed by atoms with van der Waals surface area (Å²) >= 11 is 0. The molecule has 0 bridgehead atoms. The molecule has 4 nitrogen and oxygen atoms in total. The summed E-state index contributed by atoms with van der Waals surface area (Å²) in [6, 6.07) is -2.75. The molecular formula is C25H34F16O4. The highest BCUT2D eigenvalue weighted by Gasteiger charge is 2.80. The van der Waals surface area contributed by atoms with E-state index >= 15 is 0 Å². The molecule has 0 saturated heterocycles. The van der Waals surface area contributed by atoms with E-state index in [1.165, 1.54) is 0 Å². The fraction of sp³-hybridized carbons (Fsp3) is 0.440. The minimum atomic E-state index is -7.07. The third-order valence-corrected chi connectivity index (χ3v) is 3.29. The number of hydrogen-bond acceptors (Lipinski definition) is 4. The normalized spacial score (nSPS) is 12.6. The first-order valence-corrected chi connectivity index (χ1v) is 10.5. The quantitative estimate of drug-likeness (QED) is 0.125. The zero-order valence-corrected chi connectivity index (χ0v) is 23.8. The highest BCUT2D eigenvalue weighted by atomic mass is 19.4. The van der Waals surface area contributed by atoms with Crippen molar-refractivity contribution < 1.29 is 89.6 Å². The van der Waals surface area contributed by atoms with Crippen LogP contribution in [0.15, 0.2) is 90.8 Å². The van der Waals surface area contributed by atoms with Crippen molar-refractivity contribution in [3.05, 3.63) is 90.8 Å². The zero-order valence-electron chi connectivity index (χ0n) is 23.8. The first kappa shape index (κ1) is 57.4. The van der Waals surface area contributed by atoms with Crippen LogP contribution in [0.4, 0.5) is 70.2 Å². The number of aliphatic hydroxyl groups excluding tert-OH is 1. The Kier molecular flexibility index (Phi) is 31.9. The van der Waals surface area contributed by atoms with Crippen molar-refractivity contribution in [3.8, 4) is 0 Å². The van der Waals surface area contributed by atoms with Gasteiger partial charge in [-0.05, 0) is 6.58 Å². The van der Waals surface area contributed by atoms with Gasteiger partial charge >= 0.3 is 42.0 Å². The van der Waals surface area contributed by atoms with Gasteiger partial charge in [-0.25, -0.2) is 4.39 Å². The van der Waals surface area contributed by atoms with Crippen LogP contribution in [0.2, 0.25) is 0 Å². The number of methoxy groups -OCH3 is 1. The van der Waals surface area contributed by atoms with Crippen LogP contribution in [0.3, 0.4) is 0 Å². The average molecular weight is 703 g/mol. The lowest BCUT2D eigenvalue weighted by molar-refractivity contribution is -0.517. The number of aliphatic hydroxyl groups is 1. The first-order chi connectivity index (χ1) is 20.2. The Labute approximate surface area is 249 Å². The monoisotopic (exact) mass is 702 g/mol. The van der Waals surface area contributed by atoms with Gasteiger partial charge in [0.2, 0.25) is 0 Å². The molecule has 0 aliphatic carbocycles. The van der Waals surface area contributed by atoms with E-state index in [9.17, 15) is 70.2 Å². The SMILES string of the molecule is C=C.C=C.C=C.C=C.C=C.C=C(F)C(F)(F)C(F)(F)CCOC.C=C(F)OC(F)(F)C(F)(OC(F)(F)C(F)(F)CO)C(F)(F)F. The molecule has 0 heterocycles. The van der Waals surface area contributed by atoms with Gasteiger partial charge in [0.05, 0.1) is 6.61 Å². The van der Waals surface area contributed by atoms with Gasteiger partial charge in [-0.3, -0.25) is 4.74 Å². The second-order valence-electron chi connectivity index (χ2n) is 5.97. The van der Waals surface area contributed by atoms with Crippen LogP contribution < -0.4 is 0 Å². The number of ether oxygens (including phenoxy) is 3. The molecular weight excluding hydrogens is 668 g/mol. The largest absolute Gasteiger partial charge is 0.471 e. The molecule has 0 aliphatic rings. The van der Waals surface area contributed by atoms with E-state index in [4.69, 9.17) is 5.11 Å². The molecule has 0 aromatic rings. The lowest BCUT2D eigenvalue weighted by Gasteiger charge is -2.36. The smallest absolute Gasteiger partial charge is 0.402 e. The fourth-order valence-electron chi connectivity index (χ4n) is 1.42. The first-order valence-electron chi connectivity index (χ1n) is 10.5. The van der Waals surface area contributed by atoms with Crippen LogP contribution in [0.25, 0.3) is 0 Å². The summed E-state index contributed by atoms with van der Waals surface area (Å²) in [5.41, 5.74) is 0. The molecule has 0 aromatic carbocycles.